The van der Waals surface area contributed by atoms with Crippen molar-refractivity contribution in [2.45, 2.75) is 38.9 Å². The van der Waals surface area contributed by atoms with Crippen molar-refractivity contribution in [3.63, 3.8) is 0 Å². The van der Waals surface area contributed by atoms with Crippen LogP contribution in [0.2, 0.25) is 6.32 Å². The van der Waals surface area contributed by atoms with Gasteiger partial charge in [-0.05, 0) is 31.0 Å². The van der Waals surface area contributed by atoms with Crippen LogP contribution >= 0.6 is 0 Å². The Morgan fingerprint density at radius 2 is 2.07 bits per heavy atom. The fraction of sp³-hybridized carbons (Fsp3) is 0.900. The molecule has 0 aromatic heterocycles. The molecule has 3 atom stereocenters. The maximum absolute atomic E-state index is 10.9. The zero-order valence-corrected chi connectivity index (χ0v) is 9.09. The first kappa shape index (κ1) is 12.5. The summed E-state index contributed by atoms with van der Waals surface area (Å²) in [5, 5.41) is 26.5. The Kier molecular flexibility index (Phi) is 4.60. The average Bonchev–Trinajstić information content (AvgIpc) is 2.16. The summed E-state index contributed by atoms with van der Waals surface area (Å²) in [6.07, 6.45) is 3.70. The van der Waals surface area contributed by atoms with Gasteiger partial charge in [0.2, 0.25) is 0 Å². The van der Waals surface area contributed by atoms with Gasteiger partial charge in [0.05, 0.1) is 5.92 Å². The lowest BCUT2D eigenvalue weighted by atomic mass is 9.70. The van der Waals surface area contributed by atoms with Gasteiger partial charge < -0.3 is 15.2 Å². The van der Waals surface area contributed by atoms with Crippen LogP contribution in [0.4, 0.5) is 0 Å². The highest BCUT2D eigenvalue weighted by Crippen LogP contribution is 2.36. The van der Waals surface area contributed by atoms with Gasteiger partial charge in [-0.3, -0.25) is 4.79 Å². The Bertz CT molecular complexity index is 219. The van der Waals surface area contributed by atoms with Crippen LogP contribution < -0.4 is 0 Å². The number of rotatable bonds is 4. The molecule has 0 amide bonds. The molecule has 0 aliphatic heterocycles. The van der Waals surface area contributed by atoms with Crippen molar-refractivity contribution in [1.29, 1.82) is 0 Å². The first-order valence-electron chi connectivity index (χ1n) is 5.59. The number of aliphatic carboxylic acids is 1. The van der Waals surface area contributed by atoms with E-state index in [2.05, 4.69) is 0 Å². The Labute approximate surface area is 90.5 Å². The zero-order chi connectivity index (χ0) is 11.4. The molecule has 3 N–H and O–H groups in total. The molecular weight excluding hydrogens is 195 g/mol. The van der Waals surface area contributed by atoms with Crippen LogP contribution in [0.1, 0.15) is 32.6 Å². The van der Waals surface area contributed by atoms with E-state index in [0.717, 1.165) is 12.8 Å². The van der Waals surface area contributed by atoms with Crippen LogP contribution in [-0.4, -0.2) is 28.2 Å². The van der Waals surface area contributed by atoms with Crippen LogP contribution in [0.25, 0.3) is 0 Å². The van der Waals surface area contributed by atoms with Crippen LogP contribution in [0, 0.1) is 17.8 Å². The van der Waals surface area contributed by atoms with Gasteiger partial charge in [0.25, 0.3) is 0 Å². The maximum atomic E-state index is 10.9. The van der Waals surface area contributed by atoms with E-state index in [-0.39, 0.29) is 11.8 Å². The summed E-state index contributed by atoms with van der Waals surface area (Å²) in [5.41, 5.74) is 0. The van der Waals surface area contributed by atoms with Crippen LogP contribution in [0.5, 0.6) is 0 Å². The maximum Gasteiger partial charge on any atom is 0.451 e. The van der Waals surface area contributed by atoms with E-state index >= 15 is 0 Å². The van der Waals surface area contributed by atoms with Crippen molar-refractivity contribution < 1.29 is 19.9 Å². The molecule has 5 heteroatoms. The second kappa shape index (κ2) is 5.51. The van der Waals surface area contributed by atoms with Gasteiger partial charge in [0.15, 0.2) is 0 Å². The highest BCUT2D eigenvalue weighted by Gasteiger charge is 2.32. The number of hydrogen-bond acceptors (Lipinski definition) is 3. The van der Waals surface area contributed by atoms with Gasteiger partial charge in [0.1, 0.15) is 0 Å². The van der Waals surface area contributed by atoms with E-state index in [0.29, 0.717) is 25.1 Å². The first-order chi connectivity index (χ1) is 7.00. The van der Waals surface area contributed by atoms with Crippen molar-refractivity contribution in [3.05, 3.63) is 0 Å². The summed E-state index contributed by atoms with van der Waals surface area (Å²) in [6.45, 7) is 1.98. The largest absolute Gasteiger partial charge is 0.481 e. The van der Waals surface area contributed by atoms with E-state index in [1.54, 1.807) is 0 Å². The molecule has 1 saturated carbocycles. The fourth-order valence-electron chi connectivity index (χ4n) is 2.40. The molecule has 0 aromatic rings. The molecule has 1 aliphatic rings. The fourth-order valence-corrected chi connectivity index (χ4v) is 2.40. The lowest BCUT2D eigenvalue weighted by Crippen LogP contribution is -2.29. The van der Waals surface area contributed by atoms with Crippen LogP contribution in [-0.2, 0) is 4.79 Å². The second-order valence-electron chi connectivity index (χ2n) is 4.66. The molecular formula is C10H19BO4. The summed E-state index contributed by atoms with van der Waals surface area (Å²) >= 11 is 0. The van der Waals surface area contributed by atoms with Crippen molar-refractivity contribution in [2.75, 3.05) is 0 Å². The highest BCUT2D eigenvalue weighted by atomic mass is 16.4. The van der Waals surface area contributed by atoms with Gasteiger partial charge in [0, 0.05) is 0 Å². The minimum Gasteiger partial charge on any atom is -0.481 e. The van der Waals surface area contributed by atoms with Crippen LogP contribution in [0.15, 0.2) is 0 Å². The van der Waals surface area contributed by atoms with Crippen molar-refractivity contribution in [2.24, 2.45) is 17.8 Å². The third-order valence-electron chi connectivity index (χ3n) is 3.45. The molecule has 4 nitrogen and oxygen atoms in total. The van der Waals surface area contributed by atoms with Gasteiger partial charge in [-0.25, -0.2) is 0 Å². The Balaban J connectivity index is 2.40. The predicted octanol–water partition coefficient (Wildman–Crippen LogP) is 0.986. The van der Waals surface area contributed by atoms with E-state index in [1.165, 1.54) is 0 Å². The Hall–Kier alpha value is -0.545. The zero-order valence-electron chi connectivity index (χ0n) is 9.09. The van der Waals surface area contributed by atoms with Gasteiger partial charge in [-0.2, -0.15) is 0 Å². The monoisotopic (exact) mass is 214 g/mol. The molecule has 1 rings (SSSR count). The Morgan fingerprint density at radius 1 is 1.40 bits per heavy atom. The number of carbonyl (C=O) groups is 1. The molecule has 0 spiro atoms. The molecule has 0 bridgehead atoms. The highest BCUT2D eigenvalue weighted by molar-refractivity contribution is 6.40. The molecule has 1 fully saturated rings. The molecule has 1 aliphatic carbocycles. The average molecular weight is 214 g/mol. The SMILES string of the molecule is C[C@@H]1CC[C@@H](CCB(O)O)C[C@@H]1C(=O)O. The van der Waals surface area contributed by atoms with Crippen molar-refractivity contribution >= 4 is 13.1 Å². The molecule has 0 aromatic carbocycles. The summed E-state index contributed by atoms with van der Waals surface area (Å²) in [4.78, 5) is 10.9. The number of carboxylic acid groups (broad SMARTS) is 1. The minimum atomic E-state index is -1.26. The lowest BCUT2D eigenvalue weighted by Gasteiger charge is -2.31. The quantitative estimate of drug-likeness (QED) is 0.609. The second-order valence-corrected chi connectivity index (χ2v) is 4.66. The van der Waals surface area contributed by atoms with Crippen molar-refractivity contribution in [3.8, 4) is 0 Å². The molecule has 0 radical (unpaired) electrons. The normalized spacial score (nSPS) is 31.3. The minimum absolute atomic E-state index is 0.248. The van der Waals surface area contributed by atoms with Crippen molar-refractivity contribution in [1.82, 2.24) is 0 Å². The molecule has 86 valence electrons. The summed E-state index contributed by atoms with van der Waals surface area (Å²) < 4.78 is 0. The smallest absolute Gasteiger partial charge is 0.451 e. The molecule has 0 saturated heterocycles. The topological polar surface area (TPSA) is 77.8 Å². The van der Waals surface area contributed by atoms with Gasteiger partial charge in [-0.15, -0.1) is 0 Å². The van der Waals surface area contributed by atoms with E-state index < -0.39 is 13.1 Å². The van der Waals surface area contributed by atoms with Gasteiger partial charge in [-0.1, -0.05) is 19.8 Å². The van der Waals surface area contributed by atoms with E-state index in [4.69, 9.17) is 15.2 Å². The predicted molar refractivity (Wildman–Crippen MR) is 57.2 cm³/mol. The first-order valence-corrected chi connectivity index (χ1v) is 5.59. The lowest BCUT2D eigenvalue weighted by molar-refractivity contribution is -0.145. The summed E-state index contributed by atoms with van der Waals surface area (Å²) in [7, 11) is -1.26. The third-order valence-corrected chi connectivity index (χ3v) is 3.45. The Morgan fingerprint density at radius 3 is 2.60 bits per heavy atom. The van der Waals surface area contributed by atoms with Gasteiger partial charge >= 0.3 is 13.1 Å². The molecule has 15 heavy (non-hydrogen) atoms. The standard InChI is InChI=1S/C10H19BO4/c1-7-2-3-8(4-5-11(14)15)6-9(7)10(12)13/h7-9,14-15H,2-6H2,1H3,(H,12,13)/t7-,8+,9+/m1/s1. The van der Waals surface area contributed by atoms with E-state index in [1.807, 2.05) is 6.92 Å². The number of carboxylic acids is 1. The van der Waals surface area contributed by atoms with Crippen LogP contribution in [0.3, 0.4) is 0 Å². The summed E-state index contributed by atoms with van der Waals surface area (Å²) in [5.74, 6) is -0.377. The third kappa shape index (κ3) is 3.84. The van der Waals surface area contributed by atoms with E-state index in [9.17, 15) is 4.79 Å². The molecule has 0 unspecified atom stereocenters. The summed E-state index contributed by atoms with van der Waals surface area (Å²) in [6, 6.07) is 0. The molecule has 0 heterocycles. The number of hydrogen-bond donors (Lipinski definition) is 3.